The van der Waals surface area contributed by atoms with Gasteiger partial charge in [-0.3, -0.25) is 0 Å². The molecule has 0 amide bonds. The molecule has 2 aliphatic heterocycles. The molecule has 0 aromatic heterocycles. The maximum Gasteiger partial charge on any atom is 0.186 e. The second kappa shape index (κ2) is 10.6. The first-order valence-electron chi connectivity index (χ1n) is 18.0. The third-order valence-corrected chi connectivity index (χ3v) is 15.8. The van der Waals surface area contributed by atoms with Gasteiger partial charge in [0.25, 0.3) is 0 Å². The molecule has 7 fully saturated rings. The summed E-state index contributed by atoms with van der Waals surface area (Å²) in [5.41, 5.74) is -1.89. The van der Waals surface area contributed by atoms with Crippen LogP contribution in [0.4, 0.5) is 0 Å². The smallest absolute Gasteiger partial charge is 0.186 e. The summed E-state index contributed by atoms with van der Waals surface area (Å²) in [6.45, 7) is 14.3. The first kappa shape index (κ1) is 34.1. The van der Waals surface area contributed by atoms with Crippen LogP contribution in [0.25, 0.3) is 0 Å². The van der Waals surface area contributed by atoms with E-state index in [9.17, 15) is 35.7 Å². The molecule has 5 aliphatic carbocycles. The molecular weight excluding hydrogens is 592 g/mol. The molecule has 264 valence electrons. The standard InChI is InChI=1S/C36H60O10/c1-17-12-23(32(4,5)43)46-28(17)24-18(38)14-34(7)21-13-19(44-30-27(42)26(41)25(40)20(15-37)45-30)29-31(2,3)22(39)8-9-36(29)16-35(21,36)11-10-33(24,34)6/h17-30,37-43H,8-16H2,1-7H3/t17-,18+,19?,20?,21?,22+,23?,24-,25?,26?,27?,28?,29?,30?,33-,34+,35?,36?/m1/s1. The zero-order valence-corrected chi connectivity index (χ0v) is 28.8. The molecule has 0 bridgehead atoms. The van der Waals surface area contributed by atoms with Crippen molar-refractivity contribution in [3.8, 4) is 0 Å². The van der Waals surface area contributed by atoms with E-state index in [0.29, 0.717) is 12.8 Å². The van der Waals surface area contributed by atoms with E-state index in [2.05, 4.69) is 34.6 Å². The average Bonchev–Trinajstić information content (AvgIpc) is 3.37. The Labute approximate surface area is 273 Å². The molecule has 0 aromatic rings. The number of aliphatic hydroxyl groups excluding tert-OH is 6. The number of rotatable bonds is 5. The molecule has 7 aliphatic rings. The number of hydrogen-bond donors (Lipinski definition) is 7. The van der Waals surface area contributed by atoms with Crippen molar-refractivity contribution in [3.63, 3.8) is 0 Å². The van der Waals surface area contributed by atoms with Crippen LogP contribution < -0.4 is 0 Å². The van der Waals surface area contributed by atoms with Crippen LogP contribution >= 0.6 is 0 Å². The zero-order valence-electron chi connectivity index (χ0n) is 28.8. The molecule has 7 rings (SSSR count). The third kappa shape index (κ3) is 4.30. The largest absolute Gasteiger partial charge is 0.394 e. The Morgan fingerprint density at radius 1 is 0.848 bits per heavy atom. The lowest BCUT2D eigenvalue weighted by atomic mass is 9.41. The van der Waals surface area contributed by atoms with Crippen molar-refractivity contribution in [1.82, 2.24) is 0 Å². The van der Waals surface area contributed by atoms with Crippen molar-refractivity contribution in [2.24, 2.45) is 50.7 Å². The van der Waals surface area contributed by atoms with Crippen LogP contribution in [0.5, 0.6) is 0 Å². The minimum absolute atomic E-state index is 0.0202. The van der Waals surface area contributed by atoms with Crippen molar-refractivity contribution in [1.29, 1.82) is 0 Å². The van der Waals surface area contributed by atoms with Crippen LogP contribution in [-0.4, -0.2) is 109 Å². The Morgan fingerprint density at radius 3 is 2.17 bits per heavy atom. The van der Waals surface area contributed by atoms with Crippen molar-refractivity contribution >= 4 is 0 Å². The van der Waals surface area contributed by atoms with Gasteiger partial charge in [-0.15, -0.1) is 0 Å². The highest BCUT2D eigenvalue weighted by Crippen LogP contribution is 2.89. The van der Waals surface area contributed by atoms with E-state index in [1.807, 2.05) is 0 Å². The minimum atomic E-state index is -1.53. The lowest BCUT2D eigenvalue weighted by Crippen LogP contribution is -2.64. The molecule has 12 unspecified atom stereocenters. The van der Waals surface area contributed by atoms with Gasteiger partial charge in [0.15, 0.2) is 6.29 Å². The van der Waals surface area contributed by atoms with Crippen molar-refractivity contribution in [3.05, 3.63) is 0 Å². The summed E-state index contributed by atoms with van der Waals surface area (Å²) in [6.07, 6.45) is -1.93. The quantitative estimate of drug-likeness (QED) is 0.219. The summed E-state index contributed by atoms with van der Waals surface area (Å²) in [4.78, 5) is 0. The number of hydrogen-bond acceptors (Lipinski definition) is 10. The molecule has 18 atom stereocenters. The van der Waals surface area contributed by atoms with Gasteiger partial charge >= 0.3 is 0 Å². The third-order valence-electron chi connectivity index (χ3n) is 15.8. The maximum atomic E-state index is 12.0. The Balaban J connectivity index is 1.25. The van der Waals surface area contributed by atoms with Crippen LogP contribution in [0, 0.1) is 50.7 Å². The Morgan fingerprint density at radius 2 is 1.54 bits per heavy atom. The van der Waals surface area contributed by atoms with E-state index in [1.165, 1.54) is 0 Å². The molecule has 0 aromatic carbocycles. The fourth-order valence-corrected chi connectivity index (χ4v) is 13.3. The topological polar surface area (TPSA) is 169 Å². The van der Waals surface area contributed by atoms with Crippen molar-refractivity contribution < 1.29 is 50.0 Å². The van der Waals surface area contributed by atoms with E-state index >= 15 is 0 Å². The van der Waals surface area contributed by atoms with Gasteiger partial charge < -0.3 is 50.0 Å². The Bertz CT molecular complexity index is 1190. The molecule has 2 spiro atoms. The summed E-state index contributed by atoms with van der Waals surface area (Å²) < 4.78 is 19.3. The van der Waals surface area contributed by atoms with E-state index < -0.39 is 66.6 Å². The molecule has 10 heteroatoms. The van der Waals surface area contributed by atoms with Gasteiger partial charge in [-0.2, -0.15) is 0 Å². The van der Waals surface area contributed by atoms with Crippen LogP contribution in [0.15, 0.2) is 0 Å². The van der Waals surface area contributed by atoms with Crippen molar-refractivity contribution in [2.45, 2.75) is 167 Å². The molecule has 46 heavy (non-hydrogen) atoms. The lowest BCUT2D eigenvalue weighted by Gasteiger charge is -2.64. The summed E-state index contributed by atoms with van der Waals surface area (Å²) >= 11 is 0. The number of aliphatic hydroxyl groups is 7. The van der Waals surface area contributed by atoms with E-state index in [1.54, 1.807) is 13.8 Å². The minimum Gasteiger partial charge on any atom is -0.394 e. The molecule has 7 N–H and O–H groups in total. The molecule has 2 heterocycles. The normalized spacial score (nSPS) is 59.3. The highest BCUT2D eigenvalue weighted by Gasteiger charge is 2.85. The van der Waals surface area contributed by atoms with Gasteiger partial charge in [0, 0.05) is 5.92 Å². The van der Waals surface area contributed by atoms with Crippen LogP contribution in [0.1, 0.15) is 99.8 Å². The molecule has 10 nitrogen and oxygen atoms in total. The zero-order chi connectivity index (χ0) is 33.6. The van der Waals surface area contributed by atoms with Gasteiger partial charge in [-0.05, 0) is 110 Å². The van der Waals surface area contributed by atoms with Crippen LogP contribution in [0.2, 0.25) is 0 Å². The van der Waals surface area contributed by atoms with Gasteiger partial charge in [-0.25, -0.2) is 0 Å². The maximum absolute atomic E-state index is 12.0. The van der Waals surface area contributed by atoms with E-state index in [0.717, 1.165) is 38.5 Å². The fourth-order valence-electron chi connectivity index (χ4n) is 13.3. The van der Waals surface area contributed by atoms with E-state index in [-0.39, 0.29) is 57.5 Å². The summed E-state index contributed by atoms with van der Waals surface area (Å²) in [6, 6.07) is 0. The lowest BCUT2D eigenvalue weighted by molar-refractivity contribution is -0.331. The van der Waals surface area contributed by atoms with Crippen LogP contribution in [0.3, 0.4) is 0 Å². The van der Waals surface area contributed by atoms with Crippen LogP contribution in [-0.2, 0) is 14.2 Å². The van der Waals surface area contributed by atoms with Gasteiger partial charge in [0.05, 0.1) is 42.7 Å². The predicted octanol–water partition coefficient (Wildman–Crippen LogP) is 2.12. The summed E-state index contributed by atoms with van der Waals surface area (Å²) in [5, 5.41) is 76.1. The summed E-state index contributed by atoms with van der Waals surface area (Å²) in [5.74, 6) is 0.321. The molecule has 2 saturated heterocycles. The molecular formula is C36H60O10. The van der Waals surface area contributed by atoms with Crippen molar-refractivity contribution in [2.75, 3.05) is 6.61 Å². The first-order valence-corrected chi connectivity index (χ1v) is 18.0. The van der Waals surface area contributed by atoms with Gasteiger partial charge in [-0.1, -0.05) is 34.6 Å². The highest BCUT2D eigenvalue weighted by atomic mass is 16.7. The van der Waals surface area contributed by atoms with Gasteiger partial charge in [0.2, 0.25) is 0 Å². The average molecular weight is 653 g/mol. The highest BCUT2D eigenvalue weighted by molar-refractivity contribution is 5.33. The first-order chi connectivity index (χ1) is 21.3. The predicted molar refractivity (Wildman–Crippen MR) is 167 cm³/mol. The number of ether oxygens (including phenoxy) is 3. The fraction of sp³-hybridized carbons (Fsp3) is 1.00. The Kier molecular flexibility index (Phi) is 7.82. The second-order valence-electron chi connectivity index (χ2n) is 18.6. The monoisotopic (exact) mass is 652 g/mol. The number of fused-ring (bicyclic) bond motifs is 2. The second-order valence-corrected chi connectivity index (χ2v) is 18.6. The summed E-state index contributed by atoms with van der Waals surface area (Å²) in [7, 11) is 0. The SMILES string of the molecule is C[C@@H]1CC(C(C)(C)O)OC1[C@H]1[C@@H](O)C[C@@]2(C)C3CC(OC4OC(CO)C(O)C(O)C4O)C4C(C)(C)[C@@H](O)CCC45CC35CC[C@]12C. The van der Waals surface area contributed by atoms with Gasteiger partial charge in [0.1, 0.15) is 24.4 Å². The molecule has 0 radical (unpaired) electrons. The molecule has 5 saturated carbocycles. The van der Waals surface area contributed by atoms with E-state index in [4.69, 9.17) is 14.2 Å². The Hall–Kier alpha value is -0.400.